The Hall–Kier alpha value is -1.47. The maximum Gasteiger partial charge on any atom is 0.225 e. The van der Waals surface area contributed by atoms with Gasteiger partial charge >= 0.3 is 0 Å². The summed E-state index contributed by atoms with van der Waals surface area (Å²) in [5, 5.41) is 0.490. The molecule has 18 heavy (non-hydrogen) atoms. The molecular weight excluding hydrogens is 272 g/mol. The van der Waals surface area contributed by atoms with E-state index in [0.29, 0.717) is 5.15 Å². The first kappa shape index (κ1) is 11.6. The third kappa shape index (κ3) is 2.23. The SMILES string of the molecule is Clc1nsnc1N1CCN(c2ncccn2)CC1. The minimum Gasteiger partial charge on any atom is -0.350 e. The van der Waals surface area contributed by atoms with Gasteiger partial charge < -0.3 is 9.80 Å². The van der Waals surface area contributed by atoms with Crippen molar-refractivity contribution in [1.82, 2.24) is 18.7 Å². The number of hydrogen-bond donors (Lipinski definition) is 0. The Kier molecular flexibility index (Phi) is 3.24. The largest absolute Gasteiger partial charge is 0.350 e. The molecule has 2 aromatic rings. The van der Waals surface area contributed by atoms with Gasteiger partial charge in [0.2, 0.25) is 5.95 Å². The molecule has 0 radical (unpaired) electrons. The maximum atomic E-state index is 5.98. The second-order valence-electron chi connectivity index (χ2n) is 3.90. The zero-order valence-corrected chi connectivity index (χ0v) is 11.1. The van der Waals surface area contributed by atoms with E-state index in [9.17, 15) is 0 Å². The van der Waals surface area contributed by atoms with E-state index in [1.165, 1.54) is 0 Å². The molecule has 0 aliphatic carbocycles. The van der Waals surface area contributed by atoms with Crippen LogP contribution in [0.25, 0.3) is 0 Å². The van der Waals surface area contributed by atoms with E-state index < -0.39 is 0 Å². The molecule has 1 fully saturated rings. The van der Waals surface area contributed by atoms with Gasteiger partial charge in [0.25, 0.3) is 0 Å². The first-order valence-electron chi connectivity index (χ1n) is 5.59. The van der Waals surface area contributed by atoms with Crippen LogP contribution in [-0.2, 0) is 0 Å². The fourth-order valence-electron chi connectivity index (χ4n) is 1.93. The minimum absolute atomic E-state index is 0.490. The summed E-state index contributed by atoms with van der Waals surface area (Å²) >= 11 is 7.13. The lowest BCUT2D eigenvalue weighted by molar-refractivity contribution is 0.636. The number of aromatic nitrogens is 4. The highest BCUT2D eigenvalue weighted by atomic mass is 35.5. The van der Waals surface area contributed by atoms with E-state index in [2.05, 4.69) is 28.5 Å². The van der Waals surface area contributed by atoms with Gasteiger partial charge in [-0.15, -0.1) is 0 Å². The van der Waals surface area contributed by atoms with Gasteiger partial charge in [-0.1, -0.05) is 11.6 Å². The van der Waals surface area contributed by atoms with E-state index >= 15 is 0 Å². The lowest BCUT2D eigenvalue weighted by atomic mass is 10.3. The molecule has 3 heterocycles. The monoisotopic (exact) mass is 282 g/mol. The lowest BCUT2D eigenvalue weighted by Crippen LogP contribution is -2.47. The fraction of sp³-hybridized carbons (Fsp3) is 0.400. The molecule has 1 aliphatic rings. The van der Waals surface area contributed by atoms with Crippen LogP contribution in [0.4, 0.5) is 11.8 Å². The number of hydrogen-bond acceptors (Lipinski definition) is 7. The van der Waals surface area contributed by atoms with Crippen molar-refractivity contribution in [2.45, 2.75) is 0 Å². The van der Waals surface area contributed by atoms with Gasteiger partial charge in [-0.3, -0.25) is 0 Å². The zero-order valence-electron chi connectivity index (χ0n) is 9.53. The predicted molar refractivity (Wildman–Crippen MR) is 71.4 cm³/mol. The number of nitrogens with zero attached hydrogens (tertiary/aromatic N) is 6. The second kappa shape index (κ2) is 5.03. The lowest BCUT2D eigenvalue weighted by Gasteiger charge is -2.34. The van der Waals surface area contributed by atoms with Crippen molar-refractivity contribution in [3.05, 3.63) is 23.6 Å². The Balaban J connectivity index is 1.67. The van der Waals surface area contributed by atoms with E-state index in [-0.39, 0.29) is 0 Å². The van der Waals surface area contributed by atoms with Crippen molar-refractivity contribution in [3.63, 3.8) is 0 Å². The molecule has 1 saturated heterocycles. The van der Waals surface area contributed by atoms with Crippen LogP contribution in [0.3, 0.4) is 0 Å². The molecule has 94 valence electrons. The van der Waals surface area contributed by atoms with Gasteiger partial charge in [-0.25, -0.2) is 9.97 Å². The van der Waals surface area contributed by atoms with Crippen LogP contribution in [0.5, 0.6) is 0 Å². The number of halogens is 1. The standard InChI is InChI=1S/C10H11ClN6S/c11-8-9(15-18-14-8)16-4-6-17(7-5-16)10-12-2-1-3-13-10/h1-3H,4-7H2. The Morgan fingerprint density at radius 1 is 1.00 bits per heavy atom. The van der Waals surface area contributed by atoms with Crippen LogP contribution in [0.1, 0.15) is 0 Å². The Bertz CT molecular complexity index is 510. The van der Waals surface area contributed by atoms with Crippen molar-refractivity contribution in [2.24, 2.45) is 0 Å². The number of rotatable bonds is 2. The van der Waals surface area contributed by atoms with E-state index in [4.69, 9.17) is 11.6 Å². The molecule has 1 aliphatic heterocycles. The van der Waals surface area contributed by atoms with Gasteiger partial charge in [0, 0.05) is 38.6 Å². The van der Waals surface area contributed by atoms with Crippen molar-refractivity contribution in [2.75, 3.05) is 36.0 Å². The third-order valence-electron chi connectivity index (χ3n) is 2.85. The minimum atomic E-state index is 0.490. The van der Waals surface area contributed by atoms with Gasteiger partial charge in [0.05, 0.1) is 11.7 Å². The van der Waals surface area contributed by atoms with E-state index in [0.717, 1.165) is 49.7 Å². The van der Waals surface area contributed by atoms with Gasteiger partial charge in [-0.05, 0) is 6.07 Å². The molecule has 6 nitrogen and oxygen atoms in total. The quantitative estimate of drug-likeness (QED) is 0.828. The zero-order chi connectivity index (χ0) is 12.4. The van der Waals surface area contributed by atoms with Crippen LogP contribution in [0.2, 0.25) is 5.15 Å². The first-order valence-corrected chi connectivity index (χ1v) is 6.70. The molecular formula is C10H11ClN6S. The maximum absolute atomic E-state index is 5.98. The smallest absolute Gasteiger partial charge is 0.225 e. The Morgan fingerprint density at radius 2 is 1.67 bits per heavy atom. The highest BCUT2D eigenvalue weighted by Gasteiger charge is 2.22. The number of anilines is 2. The van der Waals surface area contributed by atoms with Gasteiger partial charge in [-0.2, -0.15) is 8.75 Å². The highest BCUT2D eigenvalue weighted by Crippen LogP contribution is 2.24. The first-order chi connectivity index (χ1) is 8.84. The highest BCUT2D eigenvalue weighted by molar-refractivity contribution is 6.99. The normalized spacial score (nSPS) is 16.1. The van der Waals surface area contributed by atoms with Crippen molar-refractivity contribution in [1.29, 1.82) is 0 Å². The second-order valence-corrected chi connectivity index (χ2v) is 4.79. The summed E-state index contributed by atoms with van der Waals surface area (Å²) in [6.07, 6.45) is 3.52. The molecule has 0 bridgehead atoms. The molecule has 0 amide bonds. The van der Waals surface area contributed by atoms with Crippen molar-refractivity contribution >= 4 is 35.1 Å². The summed E-state index contributed by atoms with van der Waals surface area (Å²) in [4.78, 5) is 12.8. The van der Waals surface area contributed by atoms with Gasteiger partial charge in [0.15, 0.2) is 11.0 Å². The van der Waals surface area contributed by atoms with E-state index in [1.807, 2.05) is 6.07 Å². The van der Waals surface area contributed by atoms with Gasteiger partial charge in [0.1, 0.15) is 0 Å². The summed E-state index contributed by atoms with van der Waals surface area (Å²) in [5.74, 6) is 1.56. The summed E-state index contributed by atoms with van der Waals surface area (Å²) in [6.45, 7) is 3.42. The molecule has 0 N–H and O–H groups in total. The van der Waals surface area contributed by atoms with Crippen molar-refractivity contribution < 1.29 is 0 Å². The molecule has 0 unspecified atom stereocenters. The number of piperazine rings is 1. The fourth-order valence-corrected chi connectivity index (χ4v) is 2.71. The molecule has 0 atom stereocenters. The molecule has 3 rings (SSSR count). The molecule has 8 heteroatoms. The summed E-state index contributed by atoms with van der Waals surface area (Å²) < 4.78 is 8.20. The molecule has 2 aromatic heterocycles. The third-order valence-corrected chi connectivity index (χ3v) is 3.72. The van der Waals surface area contributed by atoms with Crippen LogP contribution >= 0.6 is 23.3 Å². The molecule has 0 aromatic carbocycles. The topological polar surface area (TPSA) is 58.0 Å². The van der Waals surface area contributed by atoms with Crippen LogP contribution in [0.15, 0.2) is 18.5 Å². The predicted octanol–water partition coefficient (Wildman–Crippen LogP) is 1.31. The van der Waals surface area contributed by atoms with E-state index in [1.54, 1.807) is 12.4 Å². The average Bonchev–Trinajstić information content (AvgIpc) is 2.86. The summed E-state index contributed by atoms with van der Waals surface area (Å²) in [5.41, 5.74) is 0. The van der Waals surface area contributed by atoms with Crippen LogP contribution in [-0.4, -0.2) is 44.9 Å². The average molecular weight is 283 g/mol. The summed E-state index contributed by atoms with van der Waals surface area (Å²) in [6, 6.07) is 1.82. The summed E-state index contributed by atoms with van der Waals surface area (Å²) in [7, 11) is 0. The molecule has 0 spiro atoms. The van der Waals surface area contributed by atoms with Crippen LogP contribution < -0.4 is 9.80 Å². The molecule has 0 saturated carbocycles. The Labute approximate surface area is 114 Å². The Morgan fingerprint density at radius 3 is 2.28 bits per heavy atom. The van der Waals surface area contributed by atoms with Crippen LogP contribution in [0, 0.1) is 0 Å². The van der Waals surface area contributed by atoms with Crippen molar-refractivity contribution in [3.8, 4) is 0 Å².